The van der Waals surface area contributed by atoms with Gasteiger partial charge in [-0.3, -0.25) is 9.59 Å². The molecule has 0 aromatic heterocycles. The van der Waals surface area contributed by atoms with Crippen LogP contribution in [0.4, 0.5) is 4.79 Å². The van der Waals surface area contributed by atoms with Gasteiger partial charge in [-0.25, -0.2) is 14.8 Å². The number of hydrogen-bond acceptors (Lipinski definition) is 4. The molecule has 8 heteroatoms. The first kappa shape index (κ1) is 12.4. The van der Waals surface area contributed by atoms with E-state index in [9.17, 15) is 14.4 Å². The third-order valence-corrected chi connectivity index (χ3v) is 2.95. The molecule has 98 valence electrons. The molecule has 0 saturated carbocycles. The lowest BCUT2D eigenvalue weighted by Crippen LogP contribution is -2.73. The fraction of sp³-hybridized carbons (Fsp3) is 0.500. The molecule has 0 bridgehead atoms. The smallest absolute Gasteiger partial charge is 0.331 e. The summed E-state index contributed by atoms with van der Waals surface area (Å²) in [7, 11) is 0. The number of primary amides is 1. The van der Waals surface area contributed by atoms with Gasteiger partial charge in [0.25, 0.3) is 0 Å². The van der Waals surface area contributed by atoms with E-state index in [1.807, 2.05) is 0 Å². The van der Waals surface area contributed by atoms with Gasteiger partial charge in [-0.1, -0.05) is 6.08 Å². The molecule has 1 unspecified atom stereocenters. The Labute approximate surface area is 104 Å². The fourth-order valence-corrected chi connectivity index (χ4v) is 2.20. The van der Waals surface area contributed by atoms with Crippen LogP contribution >= 0.6 is 0 Å². The van der Waals surface area contributed by atoms with E-state index in [1.54, 1.807) is 6.08 Å². The molecular formula is C10H15N5O3. The summed E-state index contributed by atoms with van der Waals surface area (Å²) in [5.74, 6) is -0.435. The Kier molecular flexibility index (Phi) is 3.19. The Hall–Kier alpha value is -2.09. The Bertz CT molecular complexity index is 410. The van der Waals surface area contributed by atoms with Crippen molar-refractivity contribution in [2.24, 2.45) is 5.73 Å². The topological polar surface area (TPSA) is 99.0 Å². The normalized spacial score (nSPS) is 24.6. The molecule has 3 N–H and O–H groups in total. The van der Waals surface area contributed by atoms with Gasteiger partial charge in [0.05, 0.1) is 13.1 Å². The van der Waals surface area contributed by atoms with Crippen LogP contribution in [0, 0.1) is 0 Å². The minimum absolute atomic E-state index is 0.0126. The zero-order valence-electron chi connectivity index (χ0n) is 9.83. The third kappa shape index (κ3) is 2.02. The molecule has 18 heavy (non-hydrogen) atoms. The van der Waals surface area contributed by atoms with Crippen molar-refractivity contribution < 1.29 is 14.4 Å². The first-order valence-corrected chi connectivity index (χ1v) is 5.55. The maximum atomic E-state index is 11.9. The van der Waals surface area contributed by atoms with Crippen LogP contribution in [0.25, 0.3) is 0 Å². The van der Waals surface area contributed by atoms with E-state index < -0.39 is 12.2 Å². The number of carbonyl (C=O) groups is 3. The predicted molar refractivity (Wildman–Crippen MR) is 61.7 cm³/mol. The first-order valence-electron chi connectivity index (χ1n) is 5.55. The molecule has 0 aliphatic carbocycles. The highest BCUT2D eigenvalue weighted by molar-refractivity contribution is 5.88. The second-order valence-electron chi connectivity index (χ2n) is 4.12. The number of carbonyl (C=O) groups excluding carboxylic acids is 3. The quantitative estimate of drug-likeness (QED) is 0.560. The molecule has 2 saturated heterocycles. The van der Waals surface area contributed by atoms with E-state index in [1.165, 1.54) is 14.9 Å². The van der Waals surface area contributed by atoms with E-state index in [0.717, 1.165) is 0 Å². The number of nitrogens with zero attached hydrogens (tertiary/aromatic N) is 3. The molecule has 2 fully saturated rings. The van der Waals surface area contributed by atoms with Gasteiger partial charge in [0.2, 0.25) is 11.8 Å². The summed E-state index contributed by atoms with van der Waals surface area (Å²) in [6, 6.07) is -0.657. The molecule has 8 nitrogen and oxygen atoms in total. The minimum Gasteiger partial charge on any atom is -0.351 e. The predicted octanol–water partition coefficient (Wildman–Crippen LogP) is -1.93. The van der Waals surface area contributed by atoms with Gasteiger partial charge in [-0.2, -0.15) is 0 Å². The SMILES string of the molecule is C=CCN1CC(=O)N2CC(=O)NCC2N1C(N)=O. The summed E-state index contributed by atoms with van der Waals surface area (Å²) >= 11 is 0. The summed E-state index contributed by atoms with van der Waals surface area (Å²) in [5, 5.41) is 5.43. The highest BCUT2D eigenvalue weighted by Gasteiger charge is 2.43. The Morgan fingerprint density at radius 1 is 1.50 bits per heavy atom. The molecule has 2 aliphatic rings. The molecule has 0 radical (unpaired) electrons. The molecule has 1 atom stereocenters. The van der Waals surface area contributed by atoms with Crippen LogP contribution in [0.2, 0.25) is 0 Å². The number of rotatable bonds is 2. The van der Waals surface area contributed by atoms with Gasteiger partial charge in [-0.15, -0.1) is 6.58 Å². The zero-order valence-corrected chi connectivity index (χ0v) is 9.83. The number of urea groups is 1. The van der Waals surface area contributed by atoms with Crippen LogP contribution in [-0.4, -0.2) is 65.1 Å². The maximum absolute atomic E-state index is 11.9. The van der Waals surface area contributed by atoms with Crippen LogP contribution in [0.3, 0.4) is 0 Å². The van der Waals surface area contributed by atoms with Gasteiger partial charge in [0.1, 0.15) is 12.7 Å². The average Bonchev–Trinajstić information content (AvgIpc) is 2.30. The Morgan fingerprint density at radius 2 is 2.22 bits per heavy atom. The standard InChI is InChI=1S/C10H15N5O3/c1-2-3-13-6-9(17)14-5-7(16)12-4-8(14)15(13)10(11)18/h2,8H,1,3-6H2,(H2,11,18)(H,12,16). The van der Waals surface area contributed by atoms with Crippen LogP contribution < -0.4 is 11.1 Å². The molecule has 2 aliphatic heterocycles. The third-order valence-electron chi connectivity index (χ3n) is 2.95. The van der Waals surface area contributed by atoms with Crippen molar-refractivity contribution in [3.8, 4) is 0 Å². The lowest BCUT2D eigenvalue weighted by molar-refractivity contribution is -0.171. The molecule has 0 aromatic rings. The molecule has 0 aromatic carbocycles. The number of hydrazine groups is 1. The largest absolute Gasteiger partial charge is 0.351 e. The average molecular weight is 253 g/mol. The summed E-state index contributed by atoms with van der Waals surface area (Å²) in [6.45, 7) is 4.06. The molecule has 4 amide bonds. The second-order valence-corrected chi connectivity index (χ2v) is 4.12. The zero-order chi connectivity index (χ0) is 13.3. The highest BCUT2D eigenvalue weighted by atomic mass is 16.2. The number of fused-ring (bicyclic) bond motifs is 1. The Morgan fingerprint density at radius 3 is 2.83 bits per heavy atom. The maximum Gasteiger partial charge on any atom is 0.331 e. The lowest BCUT2D eigenvalue weighted by atomic mass is 10.2. The summed E-state index contributed by atoms with van der Waals surface area (Å²) < 4.78 is 0. The second kappa shape index (κ2) is 4.65. The van der Waals surface area contributed by atoms with Crippen LogP contribution in [0.1, 0.15) is 0 Å². The van der Waals surface area contributed by atoms with Crippen molar-refractivity contribution in [3.63, 3.8) is 0 Å². The number of hydrogen-bond donors (Lipinski definition) is 2. The summed E-state index contributed by atoms with van der Waals surface area (Å²) in [4.78, 5) is 36.1. The van der Waals surface area contributed by atoms with E-state index >= 15 is 0 Å². The summed E-state index contributed by atoms with van der Waals surface area (Å²) in [6.07, 6.45) is 1.03. The van der Waals surface area contributed by atoms with E-state index in [0.29, 0.717) is 6.54 Å². The number of amides is 4. The highest BCUT2D eigenvalue weighted by Crippen LogP contribution is 2.18. The van der Waals surface area contributed by atoms with Gasteiger partial charge in [0, 0.05) is 6.54 Å². The fourth-order valence-electron chi connectivity index (χ4n) is 2.20. The van der Waals surface area contributed by atoms with E-state index in [-0.39, 0.29) is 31.4 Å². The van der Waals surface area contributed by atoms with Crippen molar-refractivity contribution >= 4 is 17.8 Å². The molecule has 0 spiro atoms. The molecule has 2 heterocycles. The van der Waals surface area contributed by atoms with Gasteiger partial charge >= 0.3 is 6.03 Å². The number of nitrogens with one attached hydrogen (secondary N) is 1. The van der Waals surface area contributed by atoms with Crippen molar-refractivity contribution in [1.29, 1.82) is 0 Å². The molecule has 2 rings (SSSR count). The van der Waals surface area contributed by atoms with E-state index in [2.05, 4.69) is 11.9 Å². The summed E-state index contributed by atoms with van der Waals surface area (Å²) in [5.41, 5.74) is 5.34. The van der Waals surface area contributed by atoms with Crippen LogP contribution in [0.15, 0.2) is 12.7 Å². The van der Waals surface area contributed by atoms with Crippen molar-refractivity contribution in [2.45, 2.75) is 6.17 Å². The Balaban J connectivity index is 2.26. The monoisotopic (exact) mass is 253 g/mol. The first-order chi connectivity index (χ1) is 8.54. The number of nitrogens with two attached hydrogens (primary N) is 1. The van der Waals surface area contributed by atoms with Crippen molar-refractivity contribution in [3.05, 3.63) is 12.7 Å². The van der Waals surface area contributed by atoms with Gasteiger partial charge in [0.15, 0.2) is 0 Å². The minimum atomic E-state index is -0.657. The lowest BCUT2D eigenvalue weighted by Gasteiger charge is -2.49. The molecular weight excluding hydrogens is 238 g/mol. The van der Waals surface area contributed by atoms with E-state index in [4.69, 9.17) is 5.73 Å². The van der Waals surface area contributed by atoms with Crippen LogP contribution in [0.5, 0.6) is 0 Å². The van der Waals surface area contributed by atoms with Crippen molar-refractivity contribution in [2.75, 3.05) is 26.2 Å². The van der Waals surface area contributed by atoms with Crippen LogP contribution in [-0.2, 0) is 9.59 Å². The van der Waals surface area contributed by atoms with Crippen molar-refractivity contribution in [1.82, 2.24) is 20.2 Å². The van der Waals surface area contributed by atoms with Gasteiger partial charge < -0.3 is 16.0 Å². The number of piperazine rings is 1. The van der Waals surface area contributed by atoms with Gasteiger partial charge in [-0.05, 0) is 0 Å².